The monoisotopic (exact) mass is 207 g/mol. The van der Waals surface area contributed by atoms with Crippen molar-refractivity contribution in [3.8, 4) is 0 Å². The van der Waals surface area contributed by atoms with E-state index in [1.807, 2.05) is 18.2 Å². The van der Waals surface area contributed by atoms with E-state index >= 15 is 0 Å². The van der Waals surface area contributed by atoms with E-state index in [0.717, 1.165) is 18.5 Å². The van der Waals surface area contributed by atoms with Gasteiger partial charge in [0.2, 0.25) is 0 Å². The zero-order chi connectivity index (χ0) is 10.9. The Kier molecular flexibility index (Phi) is 6.02. The number of nitrogens with zero attached hydrogens (tertiary/aromatic N) is 1. The van der Waals surface area contributed by atoms with E-state index in [4.69, 9.17) is 0 Å². The Bertz CT molecular complexity index is 248. The number of unbranched alkanes of at least 4 members (excludes halogenated alkanes) is 3. The predicted molar refractivity (Wildman–Crippen MR) is 62.7 cm³/mol. The van der Waals surface area contributed by atoms with Crippen molar-refractivity contribution in [2.75, 3.05) is 0 Å². The first-order valence-electron chi connectivity index (χ1n) is 5.91. The molecule has 0 fully saturated rings. The molecule has 0 aliphatic heterocycles. The van der Waals surface area contributed by atoms with Crippen LogP contribution in [0.1, 0.15) is 44.7 Å². The molecule has 0 aliphatic carbocycles. The first-order valence-corrected chi connectivity index (χ1v) is 5.91. The van der Waals surface area contributed by atoms with Crippen LogP contribution in [-0.2, 0) is 6.42 Å². The molecular weight excluding hydrogens is 186 g/mol. The van der Waals surface area contributed by atoms with E-state index in [9.17, 15) is 5.11 Å². The second-order valence-electron chi connectivity index (χ2n) is 4.03. The molecule has 0 saturated carbocycles. The second-order valence-corrected chi connectivity index (χ2v) is 4.03. The highest BCUT2D eigenvalue weighted by Crippen LogP contribution is 2.08. The van der Waals surface area contributed by atoms with Crippen molar-refractivity contribution in [3.05, 3.63) is 30.1 Å². The van der Waals surface area contributed by atoms with Crippen molar-refractivity contribution in [2.45, 2.75) is 51.6 Å². The molecule has 1 aromatic rings. The standard InChI is InChI=1S/C13H21NO/c1-2-3-4-5-9-13(15)11-12-8-6-7-10-14-12/h6-8,10,13,15H,2-5,9,11H2,1H3. The van der Waals surface area contributed by atoms with Gasteiger partial charge in [-0.15, -0.1) is 0 Å². The Morgan fingerprint density at radius 2 is 2.13 bits per heavy atom. The summed E-state index contributed by atoms with van der Waals surface area (Å²) in [4.78, 5) is 4.20. The van der Waals surface area contributed by atoms with Crippen LogP contribution in [0.3, 0.4) is 0 Å². The summed E-state index contributed by atoms with van der Waals surface area (Å²) in [6.45, 7) is 2.20. The molecule has 0 spiro atoms. The van der Waals surface area contributed by atoms with Crippen LogP contribution >= 0.6 is 0 Å². The number of aliphatic hydroxyl groups excluding tert-OH is 1. The molecule has 15 heavy (non-hydrogen) atoms. The van der Waals surface area contributed by atoms with Gasteiger partial charge in [-0.05, 0) is 18.6 Å². The van der Waals surface area contributed by atoms with Gasteiger partial charge in [0.1, 0.15) is 0 Å². The fourth-order valence-corrected chi connectivity index (χ4v) is 1.67. The summed E-state index contributed by atoms with van der Waals surface area (Å²) >= 11 is 0. The number of pyridine rings is 1. The van der Waals surface area contributed by atoms with E-state index in [1.165, 1.54) is 19.3 Å². The van der Waals surface area contributed by atoms with Crippen LogP contribution in [0.4, 0.5) is 0 Å². The van der Waals surface area contributed by atoms with Crippen molar-refractivity contribution < 1.29 is 5.11 Å². The van der Waals surface area contributed by atoms with Gasteiger partial charge < -0.3 is 5.11 Å². The van der Waals surface area contributed by atoms with Gasteiger partial charge in [0.15, 0.2) is 0 Å². The average Bonchev–Trinajstić information content (AvgIpc) is 2.26. The number of hydrogen-bond acceptors (Lipinski definition) is 2. The SMILES string of the molecule is CCCCCCC(O)Cc1ccccn1. The van der Waals surface area contributed by atoms with Crippen LogP contribution in [-0.4, -0.2) is 16.2 Å². The van der Waals surface area contributed by atoms with Gasteiger partial charge in [-0.3, -0.25) is 4.98 Å². The maximum absolute atomic E-state index is 9.76. The Balaban J connectivity index is 2.16. The molecule has 1 aromatic heterocycles. The van der Waals surface area contributed by atoms with Gasteiger partial charge in [0, 0.05) is 18.3 Å². The van der Waals surface area contributed by atoms with E-state index in [0.29, 0.717) is 6.42 Å². The summed E-state index contributed by atoms with van der Waals surface area (Å²) < 4.78 is 0. The lowest BCUT2D eigenvalue weighted by molar-refractivity contribution is 0.160. The van der Waals surface area contributed by atoms with Crippen LogP contribution in [0, 0.1) is 0 Å². The average molecular weight is 207 g/mol. The fraction of sp³-hybridized carbons (Fsp3) is 0.615. The fourth-order valence-electron chi connectivity index (χ4n) is 1.67. The number of aromatic nitrogens is 1. The van der Waals surface area contributed by atoms with Gasteiger partial charge in [-0.25, -0.2) is 0 Å². The lowest BCUT2D eigenvalue weighted by Gasteiger charge is -2.09. The summed E-state index contributed by atoms with van der Waals surface area (Å²) in [6.07, 6.45) is 8.02. The second kappa shape index (κ2) is 7.41. The topological polar surface area (TPSA) is 33.1 Å². The molecule has 0 radical (unpaired) electrons. The van der Waals surface area contributed by atoms with Crippen molar-refractivity contribution in [1.82, 2.24) is 4.98 Å². The minimum absolute atomic E-state index is 0.225. The van der Waals surface area contributed by atoms with Crippen LogP contribution < -0.4 is 0 Å². The largest absolute Gasteiger partial charge is 0.393 e. The van der Waals surface area contributed by atoms with E-state index < -0.39 is 0 Å². The lowest BCUT2D eigenvalue weighted by atomic mass is 10.1. The molecule has 1 unspecified atom stereocenters. The molecule has 2 heteroatoms. The highest BCUT2D eigenvalue weighted by molar-refractivity contribution is 5.04. The Labute approximate surface area is 92.4 Å². The zero-order valence-electron chi connectivity index (χ0n) is 9.52. The molecule has 0 amide bonds. The third-order valence-corrected chi connectivity index (χ3v) is 2.56. The molecule has 0 bridgehead atoms. The minimum atomic E-state index is -0.225. The van der Waals surface area contributed by atoms with Crippen molar-refractivity contribution >= 4 is 0 Å². The molecule has 0 aromatic carbocycles. The van der Waals surface area contributed by atoms with Gasteiger partial charge in [0.25, 0.3) is 0 Å². The Hall–Kier alpha value is -0.890. The van der Waals surface area contributed by atoms with Crippen LogP contribution in [0.2, 0.25) is 0 Å². The highest BCUT2D eigenvalue weighted by Gasteiger charge is 2.05. The van der Waals surface area contributed by atoms with E-state index in [1.54, 1.807) is 6.20 Å². The summed E-state index contributed by atoms with van der Waals surface area (Å²) in [5.41, 5.74) is 0.987. The van der Waals surface area contributed by atoms with E-state index in [2.05, 4.69) is 11.9 Å². The summed E-state index contributed by atoms with van der Waals surface area (Å²) in [6, 6.07) is 5.83. The summed E-state index contributed by atoms with van der Waals surface area (Å²) in [5, 5.41) is 9.76. The van der Waals surface area contributed by atoms with Crippen molar-refractivity contribution in [1.29, 1.82) is 0 Å². The molecule has 0 aliphatic rings. The smallest absolute Gasteiger partial charge is 0.0595 e. The molecule has 1 rings (SSSR count). The minimum Gasteiger partial charge on any atom is -0.393 e. The Morgan fingerprint density at radius 3 is 2.80 bits per heavy atom. The molecule has 0 saturated heterocycles. The quantitative estimate of drug-likeness (QED) is 0.697. The van der Waals surface area contributed by atoms with Gasteiger partial charge in [0.05, 0.1) is 6.10 Å². The number of rotatable bonds is 7. The Morgan fingerprint density at radius 1 is 1.27 bits per heavy atom. The van der Waals surface area contributed by atoms with E-state index in [-0.39, 0.29) is 6.10 Å². The predicted octanol–water partition coefficient (Wildman–Crippen LogP) is 2.96. The van der Waals surface area contributed by atoms with Gasteiger partial charge >= 0.3 is 0 Å². The maximum atomic E-state index is 9.76. The molecule has 84 valence electrons. The van der Waals surface area contributed by atoms with Crippen molar-refractivity contribution in [2.24, 2.45) is 0 Å². The lowest BCUT2D eigenvalue weighted by Crippen LogP contribution is -2.11. The third-order valence-electron chi connectivity index (χ3n) is 2.56. The highest BCUT2D eigenvalue weighted by atomic mass is 16.3. The molecule has 1 atom stereocenters. The van der Waals surface area contributed by atoms with Gasteiger partial charge in [-0.1, -0.05) is 38.7 Å². The summed E-state index contributed by atoms with van der Waals surface area (Å²) in [5.74, 6) is 0. The molecular formula is C13H21NO. The van der Waals surface area contributed by atoms with Gasteiger partial charge in [-0.2, -0.15) is 0 Å². The number of hydrogen-bond donors (Lipinski definition) is 1. The van der Waals surface area contributed by atoms with Crippen LogP contribution in [0.15, 0.2) is 24.4 Å². The van der Waals surface area contributed by atoms with Crippen LogP contribution in [0.25, 0.3) is 0 Å². The molecule has 1 heterocycles. The maximum Gasteiger partial charge on any atom is 0.0595 e. The first-order chi connectivity index (χ1) is 7.33. The normalized spacial score (nSPS) is 12.7. The third kappa shape index (κ3) is 5.53. The number of aliphatic hydroxyl groups is 1. The molecule has 2 nitrogen and oxygen atoms in total. The summed E-state index contributed by atoms with van der Waals surface area (Å²) in [7, 11) is 0. The first kappa shape index (κ1) is 12.2. The van der Waals surface area contributed by atoms with Crippen molar-refractivity contribution in [3.63, 3.8) is 0 Å². The molecule has 1 N–H and O–H groups in total. The zero-order valence-corrected chi connectivity index (χ0v) is 9.52. The van der Waals surface area contributed by atoms with Crippen LogP contribution in [0.5, 0.6) is 0 Å².